The van der Waals surface area contributed by atoms with Gasteiger partial charge in [-0.25, -0.2) is 4.98 Å². The van der Waals surface area contributed by atoms with Gasteiger partial charge in [-0.3, -0.25) is 0 Å². The van der Waals surface area contributed by atoms with Crippen molar-refractivity contribution >= 4 is 29.8 Å². The van der Waals surface area contributed by atoms with Gasteiger partial charge in [-0.1, -0.05) is 0 Å². The van der Waals surface area contributed by atoms with Crippen molar-refractivity contribution < 1.29 is 0 Å². The van der Waals surface area contributed by atoms with Crippen LogP contribution in [-0.4, -0.2) is 11.5 Å². The molecule has 2 nitrogen and oxygen atoms in total. The molecule has 0 spiro atoms. The number of hydrogen-bond donors (Lipinski definition) is 1. The molecule has 1 aliphatic rings. The molecule has 0 atom stereocenters. The third-order valence-corrected chi connectivity index (χ3v) is 2.70. The number of nitrogens with one attached hydrogen (secondary N) is 1. The van der Waals surface area contributed by atoms with Crippen molar-refractivity contribution in [1.29, 1.82) is 0 Å². The summed E-state index contributed by atoms with van der Waals surface area (Å²) in [5, 5.41) is 6.50. The number of thiazole rings is 1. The molecule has 0 unspecified atom stereocenters. The van der Waals surface area contributed by atoms with Gasteiger partial charge < -0.3 is 5.32 Å². The number of piperidine rings is 1. The van der Waals surface area contributed by atoms with Crippen molar-refractivity contribution in [2.45, 2.75) is 19.3 Å². The van der Waals surface area contributed by atoms with E-state index in [2.05, 4.69) is 16.4 Å². The number of rotatable bonds is 1. The molecule has 2 rings (SSSR count). The van der Waals surface area contributed by atoms with E-state index in [4.69, 9.17) is 0 Å². The first kappa shape index (κ1) is 10.5. The number of aromatic nitrogens is 1. The van der Waals surface area contributed by atoms with Crippen LogP contribution in [0.25, 0.3) is 6.08 Å². The zero-order chi connectivity index (χ0) is 8.23. The predicted molar refractivity (Wildman–Crippen MR) is 59.2 cm³/mol. The second-order valence-electron chi connectivity index (χ2n) is 2.92. The van der Waals surface area contributed by atoms with Gasteiger partial charge in [0.2, 0.25) is 0 Å². The molecular formula is C9H13ClN2S. The summed E-state index contributed by atoms with van der Waals surface area (Å²) in [6.07, 6.45) is 7.79. The lowest BCUT2D eigenvalue weighted by Gasteiger charge is -2.15. The van der Waals surface area contributed by atoms with Gasteiger partial charge in [0.1, 0.15) is 5.01 Å². The molecule has 13 heavy (non-hydrogen) atoms. The highest BCUT2D eigenvalue weighted by Crippen LogP contribution is 2.15. The highest BCUT2D eigenvalue weighted by molar-refractivity contribution is 7.10. The van der Waals surface area contributed by atoms with Crippen LogP contribution in [-0.2, 0) is 0 Å². The quantitative estimate of drug-likeness (QED) is 0.781. The third-order valence-electron chi connectivity index (χ3n) is 1.97. The Morgan fingerprint density at radius 3 is 3.00 bits per heavy atom. The summed E-state index contributed by atoms with van der Waals surface area (Å²) in [7, 11) is 0. The molecule has 2 heterocycles. The summed E-state index contributed by atoms with van der Waals surface area (Å²) in [6.45, 7) is 1.12. The second kappa shape index (κ2) is 5.25. The summed E-state index contributed by atoms with van der Waals surface area (Å²) < 4.78 is 0. The largest absolute Gasteiger partial charge is 0.388 e. The van der Waals surface area contributed by atoms with E-state index in [9.17, 15) is 0 Å². The average molecular weight is 217 g/mol. The molecule has 0 radical (unpaired) electrons. The van der Waals surface area contributed by atoms with E-state index < -0.39 is 0 Å². The Labute approximate surface area is 88.5 Å². The van der Waals surface area contributed by atoms with Crippen LogP contribution >= 0.6 is 23.7 Å². The van der Waals surface area contributed by atoms with Crippen molar-refractivity contribution in [3.63, 3.8) is 0 Å². The van der Waals surface area contributed by atoms with E-state index in [-0.39, 0.29) is 12.4 Å². The zero-order valence-electron chi connectivity index (χ0n) is 7.32. The second-order valence-corrected chi connectivity index (χ2v) is 3.85. The number of halogens is 1. The minimum atomic E-state index is 0. The number of nitrogens with zero attached hydrogens (tertiary/aromatic N) is 1. The minimum Gasteiger partial charge on any atom is -0.388 e. The average Bonchev–Trinajstić information content (AvgIpc) is 2.59. The highest BCUT2D eigenvalue weighted by atomic mass is 35.5. The molecular weight excluding hydrogens is 204 g/mol. The first-order chi connectivity index (χ1) is 5.95. The van der Waals surface area contributed by atoms with Gasteiger partial charge >= 0.3 is 0 Å². The van der Waals surface area contributed by atoms with Crippen LogP contribution in [0.5, 0.6) is 0 Å². The van der Waals surface area contributed by atoms with E-state index in [1.54, 1.807) is 11.3 Å². The fraction of sp³-hybridized carbons (Fsp3) is 0.444. The van der Waals surface area contributed by atoms with E-state index in [1.165, 1.54) is 25.0 Å². The topological polar surface area (TPSA) is 24.9 Å². The maximum absolute atomic E-state index is 4.21. The Morgan fingerprint density at radius 2 is 2.38 bits per heavy atom. The minimum absolute atomic E-state index is 0. The molecule has 1 aromatic rings. The SMILES string of the molecule is C(=C1CCCCN1)c1nccs1.Cl. The van der Waals surface area contributed by atoms with Gasteiger partial charge in [-0.05, 0) is 25.3 Å². The van der Waals surface area contributed by atoms with Crippen LogP contribution < -0.4 is 5.32 Å². The molecule has 0 bridgehead atoms. The lowest BCUT2D eigenvalue weighted by Crippen LogP contribution is -2.19. The van der Waals surface area contributed by atoms with Crippen molar-refractivity contribution in [1.82, 2.24) is 10.3 Å². The fourth-order valence-corrected chi connectivity index (χ4v) is 1.95. The summed E-state index contributed by atoms with van der Waals surface area (Å²) >= 11 is 1.69. The maximum atomic E-state index is 4.21. The van der Waals surface area contributed by atoms with E-state index in [0.717, 1.165) is 11.6 Å². The first-order valence-corrected chi connectivity index (χ1v) is 5.17. The smallest absolute Gasteiger partial charge is 0.117 e. The van der Waals surface area contributed by atoms with Crippen molar-refractivity contribution in [3.8, 4) is 0 Å². The molecule has 0 saturated carbocycles. The van der Waals surface area contributed by atoms with Gasteiger partial charge in [-0.15, -0.1) is 23.7 Å². The Morgan fingerprint density at radius 1 is 1.46 bits per heavy atom. The molecule has 0 amide bonds. The van der Waals surface area contributed by atoms with Crippen molar-refractivity contribution in [2.75, 3.05) is 6.54 Å². The van der Waals surface area contributed by atoms with Crippen LogP contribution in [0.3, 0.4) is 0 Å². The van der Waals surface area contributed by atoms with Crippen molar-refractivity contribution in [3.05, 3.63) is 22.3 Å². The van der Waals surface area contributed by atoms with Gasteiger partial charge in [0.05, 0.1) is 0 Å². The van der Waals surface area contributed by atoms with Crippen LogP contribution in [0, 0.1) is 0 Å². The standard InChI is InChI=1S/C9H12N2S.ClH/c1-2-4-10-8(3-1)7-9-11-5-6-12-9;/h5-7,10H,1-4H2;1H. The third kappa shape index (κ3) is 3.01. The Kier molecular flexibility index (Phi) is 4.25. The Balaban J connectivity index is 0.000000845. The Hall–Kier alpha value is -0.540. The van der Waals surface area contributed by atoms with Crippen LogP contribution in [0.2, 0.25) is 0 Å². The lowest BCUT2D eigenvalue weighted by atomic mass is 10.1. The molecule has 1 aromatic heterocycles. The molecule has 0 aliphatic carbocycles. The van der Waals surface area contributed by atoms with Gasteiger partial charge in [-0.2, -0.15) is 0 Å². The van der Waals surface area contributed by atoms with Crippen LogP contribution in [0.15, 0.2) is 17.3 Å². The number of allylic oxidation sites excluding steroid dienone is 1. The molecule has 0 aromatic carbocycles. The number of hydrogen-bond acceptors (Lipinski definition) is 3. The molecule has 72 valence electrons. The van der Waals surface area contributed by atoms with Gasteiger partial charge in [0.25, 0.3) is 0 Å². The molecule has 1 fully saturated rings. The first-order valence-electron chi connectivity index (χ1n) is 4.29. The van der Waals surface area contributed by atoms with Crippen molar-refractivity contribution in [2.24, 2.45) is 0 Å². The summed E-state index contributed by atoms with van der Waals surface area (Å²) in [5.74, 6) is 0. The lowest BCUT2D eigenvalue weighted by molar-refractivity contribution is 0.592. The fourth-order valence-electron chi connectivity index (χ4n) is 1.36. The molecule has 4 heteroatoms. The summed E-state index contributed by atoms with van der Waals surface area (Å²) in [5.41, 5.74) is 1.34. The predicted octanol–water partition coefficient (Wildman–Crippen LogP) is 2.68. The highest BCUT2D eigenvalue weighted by Gasteiger charge is 2.03. The molecule has 1 N–H and O–H groups in total. The zero-order valence-corrected chi connectivity index (χ0v) is 8.96. The Bertz CT molecular complexity index is 261. The van der Waals surface area contributed by atoms with Crippen LogP contribution in [0.1, 0.15) is 24.3 Å². The normalized spacial score (nSPS) is 19.2. The van der Waals surface area contributed by atoms with E-state index in [0.29, 0.717) is 0 Å². The molecule has 1 saturated heterocycles. The van der Waals surface area contributed by atoms with Gasteiger partial charge in [0.15, 0.2) is 0 Å². The van der Waals surface area contributed by atoms with Crippen LogP contribution in [0.4, 0.5) is 0 Å². The van der Waals surface area contributed by atoms with Gasteiger partial charge in [0, 0.05) is 23.8 Å². The monoisotopic (exact) mass is 216 g/mol. The summed E-state index contributed by atoms with van der Waals surface area (Å²) in [6, 6.07) is 0. The van der Waals surface area contributed by atoms with E-state index >= 15 is 0 Å². The van der Waals surface area contributed by atoms with E-state index in [1.807, 2.05) is 11.6 Å². The molecule has 1 aliphatic heterocycles. The maximum Gasteiger partial charge on any atom is 0.117 e. The summed E-state index contributed by atoms with van der Waals surface area (Å²) in [4.78, 5) is 4.21.